The molecule has 0 fully saturated rings. The Morgan fingerprint density at radius 2 is 1.00 bits per heavy atom. The molecule has 4 nitrogen and oxygen atoms in total. The van der Waals surface area contributed by atoms with Crippen LogP contribution in [0.15, 0.2) is 78.9 Å². The summed E-state index contributed by atoms with van der Waals surface area (Å²) in [6.45, 7) is 9.07. The highest BCUT2D eigenvalue weighted by Gasteiger charge is 2.29. The average molecular weight is 551 g/mol. The molecule has 0 aromatic heterocycles. The van der Waals surface area contributed by atoms with E-state index >= 15 is 0 Å². The molecule has 41 heavy (non-hydrogen) atoms. The van der Waals surface area contributed by atoms with Crippen molar-refractivity contribution in [3.8, 4) is 11.1 Å². The van der Waals surface area contributed by atoms with Crippen molar-refractivity contribution >= 4 is 34.1 Å². The maximum atomic E-state index is 8.30. The standard InChI is InChI=1S/C37H44N4/c1-24(2)27-19-31(25(3)4)37(32(20-27)26(5)6)28-17-29(40-22-38(7)33-13-9-11-15-35(33)40)21-30(18-28)41-23-39(8)34-14-10-12-16-36(34)41/h9-21,24-26H,22-23H2,1-8H3/i7D3,8D3. The predicted molar refractivity (Wildman–Crippen MR) is 178 cm³/mol. The van der Waals surface area contributed by atoms with Crippen molar-refractivity contribution in [2.75, 3.05) is 46.9 Å². The third-order valence-electron chi connectivity index (χ3n) is 8.44. The molecule has 4 aromatic rings. The maximum absolute atomic E-state index is 8.30. The second kappa shape index (κ2) is 10.5. The first-order valence-corrected chi connectivity index (χ1v) is 14.7. The first kappa shape index (κ1) is 20.9. The summed E-state index contributed by atoms with van der Waals surface area (Å²) in [5.41, 5.74) is 10.7. The number of hydrogen-bond acceptors (Lipinski definition) is 4. The smallest absolute Gasteiger partial charge is 0.0950 e. The first-order chi connectivity index (χ1) is 22.1. The topological polar surface area (TPSA) is 13.0 Å². The second-order valence-electron chi connectivity index (χ2n) is 12.2. The lowest BCUT2D eigenvalue weighted by Gasteiger charge is -2.28. The Labute approximate surface area is 255 Å². The van der Waals surface area contributed by atoms with Crippen molar-refractivity contribution in [2.45, 2.75) is 59.3 Å². The van der Waals surface area contributed by atoms with Gasteiger partial charge in [-0.2, -0.15) is 0 Å². The van der Waals surface area contributed by atoms with Crippen molar-refractivity contribution in [1.82, 2.24) is 0 Å². The molecule has 6 rings (SSSR count). The van der Waals surface area contributed by atoms with Gasteiger partial charge in [-0.1, -0.05) is 77.9 Å². The lowest BCUT2D eigenvalue weighted by Crippen LogP contribution is -2.26. The van der Waals surface area contributed by atoms with Crippen LogP contribution >= 0.6 is 0 Å². The molecule has 2 aliphatic rings. The lowest BCUT2D eigenvalue weighted by atomic mass is 9.81. The Bertz CT molecular complexity index is 1670. The molecule has 0 unspecified atom stereocenters. The molecule has 0 atom stereocenters. The molecule has 2 aliphatic heterocycles. The zero-order valence-corrected chi connectivity index (χ0v) is 24.9. The minimum Gasteiger partial charge on any atom is -0.355 e. The number of anilines is 6. The van der Waals surface area contributed by atoms with Crippen molar-refractivity contribution in [1.29, 1.82) is 0 Å². The second-order valence-corrected chi connectivity index (χ2v) is 12.2. The molecular formula is C37H44N4. The van der Waals surface area contributed by atoms with E-state index in [0.717, 1.165) is 28.3 Å². The molecule has 0 aliphatic carbocycles. The fraction of sp³-hybridized carbons (Fsp3) is 0.351. The van der Waals surface area contributed by atoms with Gasteiger partial charge in [0.15, 0.2) is 0 Å². The highest BCUT2D eigenvalue weighted by Crippen LogP contribution is 2.47. The zero-order valence-electron chi connectivity index (χ0n) is 30.9. The first-order valence-electron chi connectivity index (χ1n) is 17.7. The van der Waals surface area contributed by atoms with Crippen LogP contribution in [0.5, 0.6) is 0 Å². The van der Waals surface area contributed by atoms with E-state index in [2.05, 4.69) is 81.7 Å². The van der Waals surface area contributed by atoms with Gasteiger partial charge in [0.25, 0.3) is 0 Å². The van der Waals surface area contributed by atoms with Crippen LogP contribution in [0, 0.1) is 0 Å². The van der Waals surface area contributed by atoms with Crippen LogP contribution in [0.25, 0.3) is 11.1 Å². The third-order valence-corrected chi connectivity index (χ3v) is 8.44. The van der Waals surface area contributed by atoms with Gasteiger partial charge in [0.2, 0.25) is 0 Å². The highest BCUT2D eigenvalue weighted by molar-refractivity contribution is 5.90. The van der Waals surface area contributed by atoms with Crippen LogP contribution in [-0.4, -0.2) is 27.3 Å². The van der Waals surface area contributed by atoms with Crippen molar-refractivity contribution in [3.05, 3.63) is 95.6 Å². The van der Waals surface area contributed by atoms with Gasteiger partial charge >= 0.3 is 0 Å². The molecule has 0 amide bonds. The number of nitrogens with zero attached hydrogens (tertiary/aromatic N) is 4. The minimum absolute atomic E-state index is 0.164. The molecule has 2 heterocycles. The van der Waals surface area contributed by atoms with Crippen LogP contribution in [0.4, 0.5) is 34.1 Å². The Hall–Kier alpha value is -3.92. The molecule has 4 aromatic carbocycles. The Kier molecular flexibility index (Phi) is 5.34. The van der Waals surface area contributed by atoms with Crippen molar-refractivity contribution in [2.24, 2.45) is 0 Å². The minimum atomic E-state index is -2.32. The van der Waals surface area contributed by atoms with Crippen LogP contribution in [0.2, 0.25) is 0 Å². The summed E-state index contributed by atoms with van der Waals surface area (Å²) in [4.78, 5) is 7.05. The van der Waals surface area contributed by atoms with Crippen LogP contribution in [0.1, 0.15) is 84.2 Å². The van der Waals surface area contributed by atoms with E-state index in [0.29, 0.717) is 17.3 Å². The Morgan fingerprint density at radius 3 is 1.39 bits per heavy atom. The van der Waals surface area contributed by atoms with Crippen LogP contribution < -0.4 is 19.6 Å². The van der Waals surface area contributed by atoms with Gasteiger partial charge in [-0.25, -0.2) is 0 Å². The molecule has 0 radical (unpaired) electrons. The summed E-state index contributed by atoms with van der Waals surface area (Å²) in [6.07, 6.45) is 0. The fourth-order valence-electron chi connectivity index (χ4n) is 6.21. The summed E-state index contributed by atoms with van der Waals surface area (Å²) in [5.74, 6) is 0.885. The fourth-order valence-corrected chi connectivity index (χ4v) is 6.21. The van der Waals surface area contributed by atoms with E-state index in [9.17, 15) is 0 Å². The van der Waals surface area contributed by atoms with Gasteiger partial charge in [0.05, 0.1) is 36.1 Å². The number of fused-ring (bicyclic) bond motifs is 2. The van der Waals surface area contributed by atoms with Gasteiger partial charge in [-0.05, 0) is 88.0 Å². The number of benzene rings is 4. The SMILES string of the molecule is [2H]C([2H])([2H])N1CN(c2cc(-c3c(C(C)C)cc(C(C)C)cc3C(C)C)cc(N3CN(C([2H])([2H])[2H])c4ccccc43)c2)c2ccccc21. The zero-order chi connectivity index (χ0) is 34.0. The summed E-state index contributed by atoms with van der Waals surface area (Å²) < 4.78 is 49.8. The van der Waals surface area contributed by atoms with E-state index in [4.69, 9.17) is 8.22 Å². The number of hydrogen-bond donors (Lipinski definition) is 0. The summed E-state index contributed by atoms with van der Waals surface area (Å²) in [5, 5.41) is 0. The quantitative estimate of drug-likeness (QED) is 0.237. The monoisotopic (exact) mass is 550 g/mol. The normalized spacial score (nSPS) is 17.4. The van der Waals surface area contributed by atoms with E-state index in [1.165, 1.54) is 32.1 Å². The molecule has 0 bridgehead atoms. The van der Waals surface area contributed by atoms with Gasteiger partial charge in [0, 0.05) is 33.6 Å². The Balaban J connectivity index is 1.62. The van der Waals surface area contributed by atoms with E-state index in [1.54, 1.807) is 0 Å². The highest BCUT2D eigenvalue weighted by atomic mass is 15.4. The van der Waals surface area contributed by atoms with Gasteiger partial charge < -0.3 is 19.6 Å². The van der Waals surface area contributed by atoms with E-state index in [-0.39, 0.29) is 25.2 Å². The van der Waals surface area contributed by atoms with E-state index < -0.39 is 14.0 Å². The lowest BCUT2D eigenvalue weighted by molar-refractivity contribution is 0.807. The maximum Gasteiger partial charge on any atom is 0.0950 e. The molecule has 0 saturated carbocycles. The summed E-state index contributed by atoms with van der Waals surface area (Å²) >= 11 is 0. The van der Waals surface area contributed by atoms with Gasteiger partial charge in [-0.15, -0.1) is 0 Å². The number of para-hydroxylation sites is 4. The van der Waals surface area contributed by atoms with Gasteiger partial charge in [-0.3, -0.25) is 0 Å². The largest absolute Gasteiger partial charge is 0.355 e. The summed E-state index contributed by atoms with van der Waals surface area (Å²) in [6, 6.07) is 26.3. The van der Waals surface area contributed by atoms with Crippen molar-refractivity contribution in [3.63, 3.8) is 0 Å². The molecular weight excluding hydrogens is 500 g/mol. The van der Waals surface area contributed by atoms with Crippen LogP contribution in [-0.2, 0) is 0 Å². The number of rotatable bonds is 6. The summed E-state index contributed by atoms with van der Waals surface area (Å²) in [7, 11) is 0. The molecule has 0 saturated heterocycles. The van der Waals surface area contributed by atoms with E-state index in [1.807, 2.05) is 48.5 Å². The van der Waals surface area contributed by atoms with Gasteiger partial charge in [0.1, 0.15) is 0 Å². The molecule has 0 spiro atoms. The predicted octanol–water partition coefficient (Wildman–Crippen LogP) is 9.81. The molecule has 0 N–H and O–H groups in total. The average Bonchev–Trinajstić information content (AvgIpc) is 3.60. The third kappa shape index (κ3) is 4.73. The van der Waals surface area contributed by atoms with Crippen LogP contribution in [0.3, 0.4) is 0 Å². The molecule has 212 valence electrons. The molecule has 4 heteroatoms. The van der Waals surface area contributed by atoms with Crippen molar-refractivity contribution < 1.29 is 8.22 Å². The Morgan fingerprint density at radius 1 is 0.561 bits per heavy atom.